The van der Waals surface area contributed by atoms with Gasteiger partial charge in [0.05, 0.1) is 0 Å². The van der Waals surface area contributed by atoms with Crippen LogP contribution in [-0.4, -0.2) is 29.6 Å². The summed E-state index contributed by atoms with van der Waals surface area (Å²) in [7, 11) is -1.49. The van der Waals surface area contributed by atoms with E-state index in [-0.39, 0.29) is 0 Å². The summed E-state index contributed by atoms with van der Waals surface area (Å²) in [6, 6.07) is 7.86. The molecule has 0 bridgehead atoms. The van der Waals surface area contributed by atoms with Gasteiger partial charge >= 0.3 is 136 Å². The van der Waals surface area contributed by atoms with Crippen LogP contribution in [0.25, 0.3) is 0 Å². The van der Waals surface area contributed by atoms with Crippen LogP contribution in [0.3, 0.4) is 0 Å². The first kappa shape index (κ1) is 19.2. The summed E-state index contributed by atoms with van der Waals surface area (Å²) in [4.78, 5) is 11.1. The Morgan fingerprint density at radius 1 is 0.864 bits per heavy atom. The molecule has 0 spiro atoms. The van der Waals surface area contributed by atoms with Gasteiger partial charge in [-0.2, -0.15) is 0 Å². The van der Waals surface area contributed by atoms with E-state index in [0.29, 0.717) is 5.56 Å². The van der Waals surface area contributed by atoms with Gasteiger partial charge < -0.3 is 0 Å². The average molecular weight is 324 g/mol. The molecular weight excluding hydrogens is 291 g/mol. The third-order valence-electron chi connectivity index (χ3n) is 4.77. The summed E-state index contributed by atoms with van der Waals surface area (Å²) in [5.74, 6) is -0.825. The number of aromatic carboxylic acids is 1. The van der Waals surface area contributed by atoms with Crippen LogP contribution >= 0.6 is 7.26 Å². The van der Waals surface area contributed by atoms with Crippen LogP contribution in [0, 0.1) is 0 Å². The van der Waals surface area contributed by atoms with Crippen LogP contribution in [0.5, 0.6) is 0 Å². The van der Waals surface area contributed by atoms with Crippen molar-refractivity contribution in [1.29, 1.82) is 0 Å². The molecular formula is C19H33O2P. The minimum atomic E-state index is -1.49. The van der Waals surface area contributed by atoms with Gasteiger partial charge in [0.25, 0.3) is 0 Å². The van der Waals surface area contributed by atoms with E-state index < -0.39 is 13.2 Å². The number of carboxylic acids is 1. The van der Waals surface area contributed by atoms with E-state index in [0.717, 1.165) is 0 Å². The molecule has 0 amide bonds. The quantitative estimate of drug-likeness (QED) is 0.571. The van der Waals surface area contributed by atoms with Gasteiger partial charge in [0.1, 0.15) is 0 Å². The molecule has 0 aliphatic heterocycles. The monoisotopic (exact) mass is 324 g/mol. The molecule has 0 aromatic heterocycles. The van der Waals surface area contributed by atoms with Crippen molar-refractivity contribution >= 4 is 18.5 Å². The van der Waals surface area contributed by atoms with Crippen molar-refractivity contribution in [3.63, 3.8) is 0 Å². The van der Waals surface area contributed by atoms with Crippen molar-refractivity contribution in [2.45, 2.75) is 59.3 Å². The molecule has 126 valence electrons. The molecule has 0 radical (unpaired) electrons. The van der Waals surface area contributed by atoms with E-state index >= 15 is 0 Å². The Balaban J connectivity index is 3.09. The first-order valence-corrected chi connectivity index (χ1v) is 11.6. The fourth-order valence-corrected chi connectivity index (χ4v) is 8.90. The summed E-state index contributed by atoms with van der Waals surface area (Å²) in [6.45, 7) is 6.81. The first-order chi connectivity index (χ1) is 10.6. The van der Waals surface area contributed by atoms with Gasteiger partial charge in [0.15, 0.2) is 0 Å². The molecule has 0 atom stereocenters. The van der Waals surface area contributed by atoms with Crippen molar-refractivity contribution < 1.29 is 9.90 Å². The molecule has 1 aromatic rings. The van der Waals surface area contributed by atoms with E-state index in [9.17, 15) is 4.79 Å². The van der Waals surface area contributed by atoms with Crippen molar-refractivity contribution in [3.8, 4) is 0 Å². The fraction of sp³-hybridized carbons (Fsp3) is 0.632. The van der Waals surface area contributed by atoms with Crippen LogP contribution in [0.1, 0.15) is 69.7 Å². The van der Waals surface area contributed by atoms with Crippen molar-refractivity contribution in [2.24, 2.45) is 0 Å². The molecule has 1 N–H and O–H groups in total. The van der Waals surface area contributed by atoms with E-state index in [1.807, 2.05) is 12.1 Å². The van der Waals surface area contributed by atoms with Crippen molar-refractivity contribution in [1.82, 2.24) is 0 Å². The van der Waals surface area contributed by atoms with Crippen molar-refractivity contribution in [3.05, 3.63) is 29.8 Å². The number of hydrogen-bond donors (Lipinski definition) is 1. The molecule has 2 nitrogen and oxygen atoms in total. The molecule has 3 heteroatoms. The Kier molecular flexibility index (Phi) is 8.71. The molecule has 0 saturated heterocycles. The molecule has 1 rings (SSSR count). The zero-order chi connectivity index (χ0) is 16.4. The van der Waals surface area contributed by atoms with Gasteiger partial charge in [-0.25, -0.2) is 0 Å². The molecule has 0 unspecified atom stereocenters. The number of unbranched alkanes of at least 4 members (excludes halogenated alkanes) is 3. The summed E-state index contributed by atoms with van der Waals surface area (Å²) >= 11 is 0. The predicted octanol–water partition coefficient (Wildman–Crippen LogP) is 5.16. The Bertz CT molecular complexity index is 417. The van der Waals surface area contributed by atoms with E-state index in [1.165, 1.54) is 62.3 Å². The number of hydrogen-bond acceptors (Lipinski definition) is 1. The second kappa shape index (κ2) is 10.0. The zero-order valence-electron chi connectivity index (χ0n) is 14.5. The van der Waals surface area contributed by atoms with Gasteiger partial charge in [-0.15, -0.1) is 0 Å². The summed E-state index contributed by atoms with van der Waals surface area (Å²) in [5.41, 5.74) is 0.410. The van der Waals surface area contributed by atoms with Gasteiger partial charge in [-0.05, 0) is 0 Å². The number of carboxylic acid groups (broad SMARTS) is 1. The second-order valence-electron chi connectivity index (χ2n) is 6.47. The number of benzene rings is 1. The maximum absolute atomic E-state index is 11.1. The topological polar surface area (TPSA) is 37.3 Å². The number of rotatable bonds is 11. The SMILES string of the molecule is CCCC[PH](CCCC)(CCCC)c1ccc(C(=O)O)cc1. The van der Waals surface area contributed by atoms with Crippen LogP contribution in [-0.2, 0) is 0 Å². The average Bonchev–Trinajstić information content (AvgIpc) is 2.54. The van der Waals surface area contributed by atoms with E-state index in [2.05, 4.69) is 32.9 Å². The molecule has 1 aromatic carbocycles. The summed E-state index contributed by atoms with van der Waals surface area (Å²) in [5, 5.41) is 10.6. The van der Waals surface area contributed by atoms with Crippen LogP contribution < -0.4 is 5.30 Å². The number of carbonyl (C=O) groups is 1. The van der Waals surface area contributed by atoms with Crippen molar-refractivity contribution in [2.75, 3.05) is 18.5 Å². The normalized spacial score (nSPS) is 12.3. The van der Waals surface area contributed by atoms with Gasteiger partial charge in [0.2, 0.25) is 0 Å². The van der Waals surface area contributed by atoms with Gasteiger partial charge in [-0.1, -0.05) is 0 Å². The Labute approximate surface area is 136 Å². The van der Waals surface area contributed by atoms with E-state index in [1.54, 1.807) is 0 Å². The maximum atomic E-state index is 11.1. The standard InChI is InChI=1S/C19H33O2P/c1-4-7-14-22(15-8-5-2,16-9-6-3)18-12-10-17(11-13-18)19(20)21/h10-13,22H,4-9,14-16H2,1-3H3,(H,20,21). The molecule has 22 heavy (non-hydrogen) atoms. The van der Waals surface area contributed by atoms with Crippen LogP contribution in [0.4, 0.5) is 0 Å². The molecule has 0 fully saturated rings. The minimum absolute atomic E-state index is 0.410. The predicted molar refractivity (Wildman–Crippen MR) is 101 cm³/mol. The molecule has 0 heterocycles. The summed E-state index contributed by atoms with van der Waals surface area (Å²) in [6.07, 6.45) is 11.7. The Morgan fingerprint density at radius 2 is 1.27 bits per heavy atom. The van der Waals surface area contributed by atoms with Crippen LogP contribution in [0.2, 0.25) is 0 Å². The molecule has 0 aliphatic rings. The third kappa shape index (κ3) is 5.39. The van der Waals surface area contributed by atoms with Gasteiger partial charge in [-0.3, -0.25) is 0 Å². The fourth-order valence-electron chi connectivity index (χ4n) is 3.32. The molecule has 0 saturated carbocycles. The summed E-state index contributed by atoms with van der Waals surface area (Å²) < 4.78 is 0. The Hall–Kier alpha value is -0.880. The first-order valence-electron chi connectivity index (χ1n) is 8.93. The van der Waals surface area contributed by atoms with E-state index in [4.69, 9.17) is 5.11 Å². The third-order valence-corrected chi connectivity index (χ3v) is 10.3. The Morgan fingerprint density at radius 3 is 1.59 bits per heavy atom. The van der Waals surface area contributed by atoms with Crippen LogP contribution in [0.15, 0.2) is 24.3 Å². The zero-order valence-corrected chi connectivity index (χ0v) is 15.5. The molecule has 0 aliphatic carbocycles. The van der Waals surface area contributed by atoms with Gasteiger partial charge in [0, 0.05) is 0 Å². The second-order valence-corrected chi connectivity index (χ2v) is 11.1.